The molecule has 0 aromatic heterocycles. The molecule has 3 rings (SSSR count). The predicted molar refractivity (Wildman–Crippen MR) is 117 cm³/mol. The number of amides is 2. The van der Waals surface area contributed by atoms with Crippen molar-refractivity contribution in [2.75, 3.05) is 23.9 Å². The lowest BCUT2D eigenvalue weighted by molar-refractivity contribution is -0.139. The zero-order valence-electron chi connectivity index (χ0n) is 17.3. The molecule has 1 aliphatic rings. The molecule has 166 valence electrons. The van der Waals surface area contributed by atoms with Crippen LogP contribution < -0.4 is 4.90 Å². The first kappa shape index (κ1) is 23.2. The highest BCUT2D eigenvalue weighted by Gasteiger charge is 2.40. The Morgan fingerprint density at radius 1 is 0.969 bits per heavy atom. The van der Waals surface area contributed by atoms with Gasteiger partial charge < -0.3 is 9.47 Å². The van der Waals surface area contributed by atoms with E-state index in [1.165, 1.54) is 24.3 Å². The minimum atomic E-state index is -0.692. The van der Waals surface area contributed by atoms with E-state index in [1.54, 1.807) is 37.3 Å². The van der Waals surface area contributed by atoms with E-state index >= 15 is 0 Å². The molecule has 2 amide bonds. The van der Waals surface area contributed by atoms with Crippen LogP contribution in [0.5, 0.6) is 0 Å². The molecular weight excluding hydrogens is 434 g/mol. The summed E-state index contributed by atoms with van der Waals surface area (Å²) in [6.07, 6.45) is -0.0195. The van der Waals surface area contributed by atoms with Crippen molar-refractivity contribution in [1.29, 1.82) is 0 Å². The molecule has 1 unspecified atom stereocenters. The molecule has 9 heteroatoms. The van der Waals surface area contributed by atoms with Gasteiger partial charge in [0.15, 0.2) is 12.4 Å². The first-order chi connectivity index (χ1) is 15.4. The Bertz CT molecular complexity index is 1020. The lowest BCUT2D eigenvalue weighted by atomic mass is 10.1. The Kier molecular flexibility index (Phi) is 7.77. The average Bonchev–Trinajstić information content (AvgIpc) is 3.09. The fraction of sp³-hybridized carbons (Fsp3) is 0.261. The molecular formula is C23H21NO7S. The van der Waals surface area contributed by atoms with Crippen molar-refractivity contribution >= 4 is 47.0 Å². The van der Waals surface area contributed by atoms with Gasteiger partial charge in [0.05, 0.1) is 28.9 Å². The van der Waals surface area contributed by atoms with Gasteiger partial charge >= 0.3 is 11.9 Å². The summed E-state index contributed by atoms with van der Waals surface area (Å²) in [4.78, 5) is 61.8. The number of anilines is 1. The van der Waals surface area contributed by atoms with Gasteiger partial charge in [-0.05, 0) is 31.2 Å². The highest BCUT2D eigenvalue weighted by Crippen LogP contribution is 2.30. The highest BCUT2D eigenvalue weighted by atomic mass is 32.2. The quantitative estimate of drug-likeness (QED) is 0.323. The monoisotopic (exact) mass is 455 g/mol. The molecule has 0 spiro atoms. The van der Waals surface area contributed by atoms with E-state index < -0.39 is 29.7 Å². The van der Waals surface area contributed by atoms with Crippen LogP contribution in [0, 0.1) is 0 Å². The standard InChI is InChI=1S/C23H21NO7S/c1-2-30-21(27)14-32-19-12-20(26)24(22(19)28)17-10-8-16(9-11-17)23(29)31-13-18(25)15-6-4-3-5-7-15/h3-11,19H,2,12-14H2,1H3. The minimum absolute atomic E-state index is 0.0160. The SMILES string of the molecule is CCOC(=O)CSC1CC(=O)N(c2ccc(C(=O)OCC(=O)c3ccccc3)cc2)C1=O. The van der Waals surface area contributed by atoms with Crippen LogP contribution in [0.3, 0.4) is 0 Å². The number of carbonyl (C=O) groups is 5. The van der Waals surface area contributed by atoms with Gasteiger partial charge in [0.2, 0.25) is 11.8 Å². The molecule has 32 heavy (non-hydrogen) atoms. The van der Waals surface area contributed by atoms with Crippen molar-refractivity contribution in [3.63, 3.8) is 0 Å². The molecule has 0 saturated carbocycles. The van der Waals surface area contributed by atoms with Crippen molar-refractivity contribution in [2.24, 2.45) is 0 Å². The van der Waals surface area contributed by atoms with Crippen LogP contribution in [0.25, 0.3) is 0 Å². The third-order valence-electron chi connectivity index (χ3n) is 4.60. The summed E-state index contributed by atoms with van der Waals surface area (Å²) in [6, 6.07) is 14.2. The maximum Gasteiger partial charge on any atom is 0.338 e. The van der Waals surface area contributed by atoms with Crippen LogP contribution in [-0.4, -0.2) is 53.8 Å². The number of benzene rings is 2. The number of carbonyl (C=O) groups excluding carboxylic acids is 5. The number of rotatable bonds is 9. The zero-order valence-corrected chi connectivity index (χ0v) is 18.1. The normalized spacial score (nSPS) is 15.5. The van der Waals surface area contributed by atoms with E-state index in [1.807, 2.05) is 0 Å². The van der Waals surface area contributed by atoms with Crippen LogP contribution in [0.15, 0.2) is 54.6 Å². The number of esters is 2. The Morgan fingerprint density at radius 2 is 1.66 bits per heavy atom. The maximum atomic E-state index is 12.6. The minimum Gasteiger partial charge on any atom is -0.465 e. The summed E-state index contributed by atoms with van der Waals surface area (Å²) < 4.78 is 9.90. The Balaban J connectivity index is 1.58. The van der Waals surface area contributed by atoms with Gasteiger partial charge in [-0.1, -0.05) is 30.3 Å². The van der Waals surface area contributed by atoms with Crippen LogP contribution in [0.4, 0.5) is 5.69 Å². The molecule has 1 aliphatic heterocycles. The molecule has 8 nitrogen and oxygen atoms in total. The van der Waals surface area contributed by atoms with Crippen LogP contribution in [0.1, 0.15) is 34.1 Å². The van der Waals surface area contributed by atoms with Gasteiger partial charge in [0.25, 0.3) is 0 Å². The summed E-state index contributed by atoms with van der Waals surface area (Å²) in [5.74, 6) is -2.28. The summed E-state index contributed by atoms with van der Waals surface area (Å²) in [5.41, 5.74) is 0.940. The number of imide groups is 1. The van der Waals surface area contributed by atoms with Gasteiger partial charge in [-0.15, -0.1) is 11.8 Å². The van der Waals surface area contributed by atoms with Crippen LogP contribution >= 0.6 is 11.8 Å². The molecule has 0 radical (unpaired) electrons. The van der Waals surface area contributed by atoms with E-state index in [0.29, 0.717) is 11.3 Å². The lowest BCUT2D eigenvalue weighted by Gasteiger charge is -2.15. The predicted octanol–water partition coefficient (Wildman–Crippen LogP) is 2.65. The maximum absolute atomic E-state index is 12.6. The van der Waals surface area contributed by atoms with Gasteiger partial charge in [-0.3, -0.25) is 19.2 Å². The third kappa shape index (κ3) is 5.61. The number of ether oxygens (including phenoxy) is 2. The summed E-state index contributed by atoms with van der Waals surface area (Å²) in [6.45, 7) is 1.54. The second-order valence-corrected chi connectivity index (χ2v) is 7.98. The molecule has 1 atom stereocenters. The number of thioether (sulfide) groups is 1. The highest BCUT2D eigenvalue weighted by molar-refractivity contribution is 8.01. The summed E-state index contributed by atoms with van der Waals surface area (Å²) in [7, 11) is 0. The molecule has 0 bridgehead atoms. The first-order valence-corrected chi connectivity index (χ1v) is 10.9. The number of hydrogen-bond donors (Lipinski definition) is 0. The first-order valence-electron chi connectivity index (χ1n) is 9.90. The van der Waals surface area contributed by atoms with E-state index in [9.17, 15) is 24.0 Å². The van der Waals surface area contributed by atoms with Crippen molar-refractivity contribution in [1.82, 2.24) is 0 Å². The van der Waals surface area contributed by atoms with Gasteiger partial charge in [-0.25, -0.2) is 9.69 Å². The van der Waals surface area contributed by atoms with E-state index in [0.717, 1.165) is 16.7 Å². The van der Waals surface area contributed by atoms with Crippen LogP contribution in [-0.2, 0) is 23.9 Å². The van der Waals surface area contributed by atoms with E-state index in [-0.39, 0.29) is 36.0 Å². The van der Waals surface area contributed by atoms with Crippen LogP contribution in [0.2, 0.25) is 0 Å². The molecule has 2 aromatic carbocycles. The molecule has 2 aromatic rings. The fourth-order valence-electron chi connectivity index (χ4n) is 3.05. The molecule has 1 fully saturated rings. The Hall–Kier alpha value is -3.46. The van der Waals surface area contributed by atoms with E-state index in [2.05, 4.69) is 0 Å². The molecule has 1 saturated heterocycles. The Labute approximate surface area is 188 Å². The number of hydrogen-bond acceptors (Lipinski definition) is 8. The third-order valence-corrected chi connectivity index (χ3v) is 5.78. The summed E-state index contributed by atoms with van der Waals surface area (Å²) in [5, 5.41) is -0.666. The molecule has 1 heterocycles. The van der Waals surface area contributed by atoms with Gasteiger partial charge in [0.1, 0.15) is 0 Å². The summed E-state index contributed by atoms with van der Waals surface area (Å²) >= 11 is 1.07. The second-order valence-electron chi connectivity index (χ2n) is 6.79. The molecule has 0 aliphatic carbocycles. The van der Waals surface area contributed by atoms with Crippen molar-refractivity contribution in [3.05, 3.63) is 65.7 Å². The fourth-order valence-corrected chi connectivity index (χ4v) is 3.97. The van der Waals surface area contributed by atoms with Gasteiger partial charge in [-0.2, -0.15) is 0 Å². The number of nitrogens with zero attached hydrogens (tertiary/aromatic N) is 1. The Morgan fingerprint density at radius 3 is 2.31 bits per heavy atom. The topological polar surface area (TPSA) is 107 Å². The van der Waals surface area contributed by atoms with E-state index in [4.69, 9.17) is 9.47 Å². The van der Waals surface area contributed by atoms with Crippen molar-refractivity contribution < 1.29 is 33.4 Å². The zero-order chi connectivity index (χ0) is 23.1. The smallest absolute Gasteiger partial charge is 0.338 e. The average molecular weight is 455 g/mol. The number of ketones is 1. The second kappa shape index (κ2) is 10.7. The molecule has 0 N–H and O–H groups in total. The van der Waals surface area contributed by atoms with Gasteiger partial charge in [0, 0.05) is 12.0 Å². The lowest BCUT2D eigenvalue weighted by Crippen LogP contribution is -2.31. The van der Waals surface area contributed by atoms with Crippen molar-refractivity contribution in [2.45, 2.75) is 18.6 Å². The largest absolute Gasteiger partial charge is 0.465 e. The number of Topliss-reactive ketones (excluding diaryl/α,β-unsaturated/α-hetero) is 1. The van der Waals surface area contributed by atoms with Crippen molar-refractivity contribution in [3.8, 4) is 0 Å².